The Morgan fingerprint density at radius 1 is 1.62 bits per heavy atom. The molecule has 1 fully saturated rings. The summed E-state index contributed by atoms with van der Waals surface area (Å²) in [7, 11) is 0. The number of esters is 1. The van der Waals surface area contributed by atoms with Gasteiger partial charge >= 0.3 is 12.1 Å². The number of hydrogen-bond acceptors (Lipinski definition) is 5. The monoisotopic (exact) mass is 386 g/mol. The number of nitrogens with zero attached hydrogens (tertiary/aromatic N) is 2. The fraction of sp³-hybridized carbons (Fsp3) is 0.667. The fourth-order valence-corrected chi connectivity index (χ4v) is 3.67. The zero-order chi connectivity index (χ0) is 15.6. The molecular weight excluding hydrogens is 373 g/mol. The van der Waals surface area contributed by atoms with E-state index in [1.807, 2.05) is 0 Å². The largest absolute Gasteiger partial charge is 0.466 e. The van der Waals surface area contributed by atoms with Gasteiger partial charge in [0.05, 0.1) is 18.4 Å². The number of thiazole rings is 1. The van der Waals surface area contributed by atoms with Gasteiger partial charge in [-0.3, -0.25) is 4.79 Å². The maximum atomic E-state index is 13.2. The third kappa shape index (κ3) is 3.88. The normalized spacial score (nSPS) is 23.2. The van der Waals surface area contributed by atoms with Crippen molar-refractivity contribution in [3.8, 4) is 0 Å². The van der Waals surface area contributed by atoms with Gasteiger partial charge in [-0.15, -0.1) is 11.3 Å². The van der Waals surface area contributed by atoms with E-state index in [1.165, 1.54) is 11.3 Å². The number of ether oxygens (including phenoxy) is 1. The van der Waals surface area contributed by atoms with Gasteiger partial charge in [0.1, 0.15) is 4.60 Å². The van der Waals surface area contributed by atoms with Crippen molar-refractivity contribution >= 4 is 38.4 Å². The summed E-state index contributed by atoms with van der Waals surface area (Å²) in [6, 6.07) is 0. The summed E-state index contributed by atoms with van der Waals surface area (Å²) >= 11 is 4.46. The van der Waals surface area contributed by atoms with Crippen molar-refractivity contribution in [1.82, 2.24) is 4.98 Å². The van der Waals surface area contributed by atoms with Gasteiger partial charge in [0.25, 0.3) is 0 Å². The first-order valence-electron chi connectivity index (χ1n) is 6.42. The first-order valence-corrected chi connectivity index (χ1v) is 8.09. The van der Waals surface area contributed by atoms with E-state index in [1.54, 1.807) is 17.2 Å². The lowest BCUT2D eigenvalue weighted by Gasteiger charge is -2.38. The van der Waals surface area contributed by atoms with Crippen LogP contribution in [0.4, 0.5) is 18.3 Å². The molecule has 0 bridgehead atoms. The Labute approximate surface area is 132 Å². The molecule has 0 amide bonds. The van der Waals surface area contributed by atoms with Crippen LogP contribution in [0.15, 0.2) is 9.98 Å². The minimum atomic E-state index is -4.44. The Morgan fingerprint density at radius 3 is 2.86 bits per heavy atom. The number of hydrogen-bond donors (Lipinski definition) is 0. The number of rotatable bonds is 3. The van der Waals surface area contributed by atoms with Gasteiger partial charge < -0.3 is 9.64 Å². The number of carbonyl (C=O) groups excluding carboxylic acids is 1. The predicted molar refractivity (Wildman–Crippen MR) is 76.3 cm³/mol. The van der Waals surface area contributed by atoms with Crippen LogP contribution in [0.5, 0.6) is 0 Å². The Kier molecular flexibility index (Phi) is 5.13. The van der Waals surface area contributed by atoms with E-state index in [0.29, 0.717) is 16.3 Å². The average molecular weight is 387 g/mol. The molecule has 1 aromatic heterocycles. The van der Waals surface area contributed by atoms with Crippen molar-refractivity contribution in [3.05, 3.63) is 9.98 Å². The molecule has 1 aromatic rings. The molecule has 0 radical (unpaired) electrons. The second-order valence-corrected chi connectivity index (χ2v) is 6.34. The molecule has 0 N–H and O–H groups in total. The van der Waals surface area contributed by atoms with Gasteiger partial charge in [0, 0.05) is 18.5 Å². The van der Waals surface area contributed by atoms with Crippen LogP contribution < -0.4 is 4.90 Å². The van der Waals surface area contributed by atoms with Crippen LogP contribution in [0.2, 0.25) is 0 Å². The molecule has 0 aromatic carbocycles. The number of halogens is 4. The topological polar surface area (TPSA) is 42.4 Å². The molecule has 0 saturated carbocycles. The molecule has 0 spiro atoms. The SMILES string of the molecule is CCOC(=O)[C@H]1CCN(c2nc(Br)cs2)C[C@@H]1C(F)(F)F. The zero-order valence-corrected chi connectivity index (χ0v) is 13.6. The van der Waals surface area contributed by atoms with Crippen molar-refractivity contribution < 1.29 is 22.7 Å². The van der Waals surface area contributed by atoms with E-state index < -0.39 is 24.0 Å². The Balaban J connectivity index is 2.17. The molecular formula is C12H14BrF3N2O2S. The molecule has 2 rings (SSSR count). The van der Waals surface area contributed by atoms with Crippen LogP contribution >= 0.6 is 27.3 Å². The van der Waals surface area contributed by atoms with Gasteiger partial charge in [-0.05, 0) is 29.3 Å². The van der Waals surface area contributed by atoms with Crippen LogP contribution in [-0.2, 0) is 9.53 Å². The van der Waals surface area contributed by atoms with E-state index in [9.17, 15) is 18.0 Å². The summed E-state index contributed by atoms with van der Waals surface area (Å²) < 4.78 is 45.0. The molecule has 9 heteroatoms. The lowest BCUT2D eigenvalue weighted by atomic mass is 9.85. The molecule has 0 aliphatic carbocycles. The minimum absolute atomic E-state index is 0.0864. The van der Waals surface area contributed by atoms with Crippen molar-refractivity contribution in [2.75, 3.05) is 24.6 Å². The molecule has 21 heavy (non-hydrogen) atoms. The van der Waals surface area contributed by atoms with Crippen molar-refractivity contribution in [3.63, 3.8) is 0 Å². The van der Waals surface area contributed by atoms with E-state index in [2.05, 4.69) is 20.9 Å². The highest BCUT2D eigenvalue weighted by atomic mass is 79.9. The van der Waals surface area contributed by atoms with Gasteiger partial charge in [-0.2, -0.15) is 13.2 Å². The summed E-state index contributed by atoms with van der Waals surface area (Å²) in [4.78, 5) is 17.4. The number of aromatic nitrogens is 1. The summed E-state index contributed by atoms with van der Waals surface area (Å²) in [5.74, 6) is -3.63. The second kappa shape index (κ2) is 6.51. The quantitative estimate of drug-likeness (QED) is 0.745. The van der Waals surface area contributed by atoms with Crippen LogP contribution in [0.1, 0.15) is 13.3 Å². The molecule has 0 unspecified atom stereocenters. The Hall–Kier alpha value is -0.830. The number of alkyl halides is 3. The molecule has 4 nitrogen and oxygen atoms in total. The molecule has 1 aliphatic heterocycles. The lowest BCUT2D eigenvalue weighted by Crippen LogP contribution is -2.49. The summed E-state index contributed by atoms with van der Waals surface area (Å²) in [5, 5.41) is 2.24. The number of carbonyl (C=O) groups is 1. The van der Waals surface area contributed by atoms with Gasteiger partial charge in [0.15, 0.2) is 5.13 Å². The number of anilines is 1. The summed E-state index contributed by atoms with van der Waals surface area (Å²) in [6.45, 7) is 1.76. The molecule has 1 saturated heterocycles. The van der Waals surface area contributed by atoms with Crippen molar-refractivity contribution in [2.24, 2.45) is 11.8 Å². The van der Waals surface area contributed by atoms with E-state index >= 15 is 0 Å². The Bertz CT molecular complexity index is 509. The highest BCUT2D eigenvalue weighted by molar-refractivity contribution is 9.10. The van der Waals surface area contributed by atoms with E-state index in [0.717, 1.165) is 0 Å². The molecule has 118 valence electrons. The Morgan fingerprint density at radius 2 is 2.33 bits per heavy atom. The first kappa shape index (κ1) is 16.5. The van der Waals surface area contributed by atoms with Crippen LogP contribution in [-0.4, -0.2) is 36.8 Å². The first-order chi connectivity index (χ1) is 9.82. The smallest absolute Gasteiger partial charge is 0.394 e. The zero-order valence-electron chi connectivity index (χ0n) is 11.2. The standard InChI is InChI=1S/C12H14BrF3N2O2S/c1-2-20-10(19)7-3-4-18(5-8(7)12(14,15)16)11-17-9(13)6-21-11/h6-8H,2-5H2,1H3/t7-,8-/m0/s1. The maximum Gasteiger partial charge on any atom is 0.394 e. The summed E-state index contributed by atoms with van der Waals surface area (Å²) in [6.07, 6.45) is -4.33. The van der Waals surface area contributed by atoms with E-state index in [-0.39, 0.29) is 19.6 Å². The maximum absolute atomic E-state index is 13.2. The fourth-order valence-electron chi connectivity index (χ4n) is 2.38. The average Bonchev–Trinajstić information content (AvgIpc) is 2.84. The van der Waals surface area contributed by atoms with Gasteiger partial charge in [0.2, 0.25) is 0 Å². The van der Waals surface area contributed by atoms with Crippen LogP contribution in [0.25, 0.3) is 0 Å². The highest BCUT2D eigenvalue weighted by Crippen LogP contribution is 2.40. The lowest BCUT2D eigenvalue weighted by molar-refractivity contribution is -0.199. The van der Waals surface area contributed by atoms with Gasteiger partial charge in [-0.25, -0.2) is 4.98 Å². The van der Waals surface area contributed by atoms with Crippen molar-refractivity contribution in [1.29, 1.82) is 0 Å². The molecule has 1 aliphatic rings. The highest BCUT2D eigenvalue weighted by Gasteiger charge is 2.50. The molecule has 2 heterocycles. The third-order valence-electron chi connectivity index (χ3n) is 3.36. The third-order valence-corrected chi connectivity index (χ3v) is 4.97. The molecule has 2 atom stereocenters. The summed E-state index contributed by atoms with van der Waals surface area (Å²) in [5.41, 5.74) is 0. The van der Waals surface area contributed by atoms with E-state index in [4.69, 9.17) is 4.74 Å². The van der Waals surface area contributed by atoms with Crippen molar-refractivity contribution in [2.45, 2.75) is 19.5 Å². The van der Waals surface area contributed by atoms with Crippen LogP contribution in [0, 0.1) is 11.8 Å². The van der Waals surface area contributed by atoms with Crippen LogP contribution in [0.3, 0.4) is 0 Å². The minimum Gasteiger partial charge on any atom is -0.466 e. The number of piperidine rings is 1. The van der Waals surface area contributed by atoms with Gasteiger partial charge in [-0.1, -0.05) is 0 Å². The second-order valence-electron chi connectivity index (χ2n) is 4.69. The predicted octanol–water partition coefficient (Wildman–Crippen LogP) is 3.47.